The third kappa shape index (κ3) is 2.59. The van der Waals surface area contributed by atoms with Gasteiger partial charge in [-0.15, -0.1) is 0 Å². The maximum Gasteiger partial charge on any atom is 0.160 e. The number of fused-ring (bicyclic) bond motifs is 5. The molecule has 0 N–H and O–H groups in total. The molecule has 4 heteroatoms. The van der Waals surface area contributed by atoms with E-state index in [1.807, 2.05) is 6.08 Å². The Morgan fingerprint density at radius 2 is 1.82 bits per heavy atom. The predicted octanol–water partition coefficient (Wildman–Crippen LogP) is 4.73. The van der Waals surface area contributed by atoms with Crippen molar-refractivity contribution in [3.63, 3.8) is 0 Å². The van der Waals surface area contributed by atoms with Crippen molar-refractivity contribution in [3.8, 4) is 0 Å². The van der Waals surface area contributed by atoms with Gasteiger partial charge in [0.05, 0.1) is 19.3 Å². The Labute approximate surface area is 169 Å². The van der Waals surface area contributed by atoms with Gasteiger partial charge in [0.15, 0.2) is 12.1 Å². The van der Waals surface area contributed by atoms with Crippen molar-refractivity contribution in [1.29, 1.82) is 0 Å². The van der Waals surface area contributed by atoms with Crippen LogP contribution in [0.1, 0.15) is 66.2 Å². The molecule has 28 heavy (non-hydrogen) atoms. The second-order valence-electron chi connectivity index (χ2n) is 10.7. The maximum absolute atomic E-state index is 12.0. The third-order valence-corrected chi connectivity index (χ3v) is 9.54. The van der Waals surface area contributed by atoms with Gasteiger partial charge < -0.3 is 14.2 Å². The largest absolute Gasteiger partial charge is 0.494 e. The summed E-state index contributed by atoms with van der Waals surface area (Å²) in [5.74, 6) is 4.27. The molecule has 4 nitrogen and oxygen atoms in total. The molecule has 8 atom stereocenters. The molecule has 0 aromatic heterocycles. The predicted molar refractivity (Wildman–Crippen MR) is 106 cm³/mol. The maximum atomic E-state index is 12.0. The first-order valence-electron chi connectivity index (χ1n) is 11.5. The number of ketones is 1. The van der Waals surface area contributed by atoms with Crippen LogP contribution in [-0.2, 0) is 19.0 Å². The SMILES string of the molecule is C[C@H](C1OCCO1)[C@H]1CCC2C3C(CC[C@@]21C)[C@@]1(C)CCC(=O)C=C1O[C@@H]3C. The van der Waals surface area contributed by atoms with Crippen molar-refractivity contribution in [2.45, 2.75) is 78.6 Å². The molecule has 2 aliphatic heterocycles. The highest BCUT2D eigenvalue weighted by Crippen LogP contribution is 2.67. The van der Waals surface area contributed by atoms with Gasteiger partial charge in [-0.3, -0.25) is 4.79 Å². The normalized spacial score (nSPS) is 49.6. The number of ether oxygens (including phenoxy) is 3. The summed E-state index contributed by atoms with van der Waals surface area (Å²) in [6.07, 6.45) is 8.74. The number of carbonyl (C=O) groups is 1. The minimum Gasteiger partial charge on any atom is -0.494 e. The zero-order valence-corrected chi connectivity index (χ0v) is 17.9. The lowest BCUT2D eigenvalue weighted by Crippen LogP contribution is -2.56. The van der Waals surface area contributed by atoms with Crippen LogP contribution in [0.25, 0.3) is 0 Å². The Kier molecular flexibility index (Phi) is 4.48. The molecule has 2 saturated carbocycles. The van der Waals surface area contributed by atoms with E-state index in [9.17, 15) is 4.79 Å². The van der Waals surface area contributed by atoms with Gasteiger partial charge in [-0.2, -0.15) is 0 Å². The van der Waals surface area contributed by atoms with Gasteiger partial charge in [-0.1, -0.05) is 20.8 Å². The van der Waals surface area contributed by atoms with E-state index >= 15 is 0 Å². The van der Waals surface area contributed by atoms with E-state index < -0.39 is 0 Å². The van der Waals surface area contributed by atoms with Crippen LogP contribution in [0.15, 0.2) is 11.8 Å². The fraction of sp³-hybridized carbons (Fsp3) is 0.875. The fourth-order valence-electron chi connectivity index (χ4n) is 8.07. The Bertz CT molecular complexity index is 680. The van der Waals surface area contributed by atoms with E-state index in [2.05, 4.69) is 27.7 Å². The van der Waals surface area contributed by atoms with E-state index in [1.54, 1.807) is 0 Å². The zero-order chi connectivity index (χ0) is 19.7. The topological polar surface area (TPSA) is 44.8 Å². The highest BCUT2D eigenvalue weighted by molar-refractivity contribution is 5.91. The second kappa shape index (κ2) is 6.57. The molecular formula is C24H36O4. The van der Waals surface area contributed by atoms with Crippen LogP contribution in [0.5, 0.6) is 0 Å². The lowest BCUT2D eigenvalue weighted by molar-refractivity contribution is -0.163. The highest BCUT2D eigenvalue weighted by Gasteiger charge is 2.62. The monoisotopic (exact) mass is 388 g/mol. The van der Waals surface area contributed by atoms with Crippen LogP contribution in [0.4, 0.5) is 0 Å². The summed E-state index contributed by atoms with van der Waals surface area (Å²) in [5.41, 5.74) is 0.392. The molecule has 2 heterocycles. The number of hydrogen-bond acceptors (Lipinski definition) is 4. The number of allylic oxidation sites excluding steroid dienone is 2. The summed E-state index contributed by atoms with van der Waals surface area (Å²) in [6.45, 7) is 11.0. The molecule has 156 valence electrons. The first-order chi connectivity index (χ1) is 13.3. The number of carbonyl (C=O) groups excluding carboxylic acids is 1. The van der Waals surface area contributed by atoms with E-state index in [0.717, 1.165) is 25.4 Å². The zero-order valence-electron chi connectivity index (χ0n) is 17.9. The molecule has 0 bridgehead atoms. The van der Waals surface area contributed by atoms with Gasteiger partial charge in [0.2, 0.25) is 0 Å². The van der Waals surface area contributed by atoms with E-state index in [1.165, 1.54) is 25.7 Å². The smallest absolute Gasteiger partial charge is 0.160 e. The molecule has 0 amide bonds. The first kappa shape index (κ1) is 19.1. The third-order valence-electron chi connectivity index (χ3n) is 9.54. The van der Waals surface area contributed by atoms with Gasteiger partial charge in [0, 0.05) is 29.7 Å². The first-order valence-corrected chi connectivity index (χ1v) is 11.5. The van der Waals surface area contributed by atoms with Crippen LogP contribution in [0.3, 0.4) is 0 Å². The van der Waals surface area contributed by atoms with Crippen molar-refractivity contribution >= 4 is 5.78 Å². The fourth-order valence-corrected chi connectivity index (χ4v) is 8.07. The van der Waals surface area contributed by atoms with Crippen molar-refractivity contribution < 1.29 is 19.0 Å². The average molecular weight is 389 g/mol. The van der Waals surface area contributed by atoms with Gasteiger partial charge in [0.1, 0.15) is 5.76 Å². The minimum absolute atomic E-state index is 0.0188. The highest BCUT2D eigenvalue weighted by atomic mass is 16.7. The molecule has 5 aliphatic rings. The number of rotatable bonds is 2. The van der Waals surface area contributed by atoms with Crippen LogP contribution in [0.2, 0.25) is 0 Å². The van der Waals surface area contributed by atoms with Gasteiger partial charge >= 0.3 is 0 Å². The summed E-state index contributed by atoms with van der Waals surface area (Å²) < 4.78 is 18.3. The van der Waals surface area contributed by atoms with Crippen molar-refractivity contribution in [1.82, 2.24) is 0 Å². The Morgan fingerprint density at radius 3 is 2.57 bits per heavy atom. The Balaban J connectivity index is 1.44. The molecule has 3 unspecified atom stereocenters. The van der Waals surface area contributed by atoms with Crippen LogP contribution in [0, 0.1) is 40.4 Å². The molecule has 0 aromatic rings. The standard InChI is InChI=1S/C24H36O4/c1-14(22-26-11-12-27-22)17-5-6-18-21-15(2)28-20-13-16(25)7-9-24(20,4)19(21)8-10-23(17,18)3/h13-15,17-19,21-22H,5-12H2,1-4H3/t14-,15+,17+,18?,19?,21?,23+,24+/m0/s1. The average Bonchev–Trinajstić information content (AvgIpc) is 3.30. The Morgan fingerprint density at radius 1 is 1.07 bits per heavy atom. The van der Waals surface area contributed by atoms with E-state index in [-0.39, 0.29) is 23.6 Å². The number of hydrogen-bond donors (Lipinski definition) is 0. The summed E-state index contributed by atoms with van der Waals surface area (Å²) in [7, 11) is 0. The summed E-state index contributed by atoms with van der Waals surface area (Å²) in [5, 5.41) is 0. The second-order valence-corrected chi connectivity index (χ2v) is 10.7. The lowest BCUT2D eigenvalue weighted by Gasteiger charge is -2.59. The lowest BCUT2D eigenvalue weighted by atomic mass is 9.49. The van der Waals surface area contributed by atoms with Crippen molar-refractivity contribution in [3.05, 3.63) is 11.8 Å². The molecular weight excluding hydrogens is 352 g/mol. The Hall–Kier alpha value is -0.870. The minimum atomic E-state index is -0.0188. The van der Waals surface area contributed by atoms with Crippen LogP contribution < -0.4 is 0 Å². The molecule has 0 aromatic carbocycles. The van der Waals surface area contributed by atoms with E-state index in [0.29, 0.717) is 41.4 Å². The molecule has 4 fully saturated rings. The quantitative estimate of drug-likeness (QED) is 0.686. The van der Waals surface area contributed by atoms with Crippen molar-refractivity contribution in [2.24, 2.45) is 40.4 Å². The van der Waals surface area contributed by atoms with Crippen LogP contribution >= 0.6 is 0 Å². The summed E-state index contributed by atoms with van der Waals surface area (Å²) in [6, 6.07) is 0. The molecule has 0 radical (unpaired) electrons. The summed E-state index contributed by atoms with van der Waals surface area (Å²) in [4.78, 5) is 12.0. The molecule has 2 saturated heterocycles. The van der Waals surface area contributed by atoms with Crippen LogP contribution in [-0.4, -0.2) is 31.4 Å². The van der Waals surface area contributed by atoms with Crippen molar-refractivity contribution in [2.75, 3.05) is 13.2 Å². The molecule has 5 rings (SSSR count). The molecule has 3 aliphatic carbocycles. The van der Waals surface area contributed by atoms with Gasteiger partial charge in [0.25, 0.3) is 0 Å². The molecule has 0 spiro atoms. The van der Waals surface area contributed by atoms with E-state index in [4.69, 9.17) is 14.2 Å². The van der Waals surface area contributed by atoms with Gasteiger partial charge in [-0.05, 0) is 62.2 Å². The van der Waals surface area contributed by atoms with Gasteiger partial charge in [-0.25, -0.2) is 0 Å². The summed E-state index contributed by atoms with van der Waals surface area (Å²) >= 11 is 0.